The van der Waals surface area contributed by atoms with E-state index in [1.165, 1.54) is 10.4 Å². The highest BCUT2D eigenvalue weighted by molar-refractivity contribution is 7.14. The molecule has 2 rings (SSSR count). The first-order valence-corrected chi connectivity index (χ1v) is 6.17. The van der Waals surface area contributed by atoms with Crippen LogP contribution in [0.2, 0.25) is 0 Å². The second kappa shape index (κ2) is 4.96. The summed E-state index contributed by atoms with van der Waals surface area (Å²) in [6.07, 6.45) is 1.14. The summed E-state index contributed by atoms with van der Waals surface area (Å²) in [6, 6.07) is 2.20. The molecular weight excluding hydrogens is 208 g/mol. The first-order chi connectivity index (χ1) is 7.25. The quantitative estimate of drug-likeness (QED) is 0.838. The van der Waals surface area contributed by atoms with Crippen molar-refractivity contribution >= 4 is 11.3 Å². The molecule has 1 N–H and O–H groups in total. The van der Waals surface area contributed by atoms with Gasteiger partial charge in [-0.3, -0.25) is 0 Å². The lowest BCUT2D eigenvalue weighted by Gasteiger charge is -2.10. The number of hydrogen-bond donors (Lipinski definition) is 1. The van der Waals surface area contributed by atoms with Crippen LogP contribution < -0.4 is 10.1 Å². The molecule has 0 amide bonds. The molecule has 1 aromatic rings. The summed E-state index contributed by atoms with van der Waals surface area (Å²) in [4.78, 5) is 3.58. The highest BCUT2D eigenvalue weighted by atomic mass is 32.1. The molecule has 84 valence electrons. The Labute approximate surface area is 95.0 Å². The number of nitrogens with zero attached hydrogens (tertiary/aromatic N) is 1. The monoisotopic (exact) mass is 226 g/mol. The summed E-state index contributed by atoms with van der Waals surface area (Å²) in [5, 5.41) is 4.45. The molecule has 0 radical (unpaired) electrons. The minimum Gasteiger partial charge on any atom is -0.483 e. The lowest BCUT2D eigenvalue weighted by atomic mass is 10.1. The van der Waals surface area contributed by atoms with E-state index in [4.69, 9.17) is 4.74 Å². The first kappa shape index (κ1) is 10.9. The number of ether oxygens (including phenoxy) is 1. The predicted molar refractivity (Wildman–Crippen MR) is 63.8 cm³/mol. The minimum absolute atomic E-state index is 0.778. The van der Waals surface area contributed by atoms with Gasteiger partial charge >= 0.3 is 0 Å². The van der Waals surface area contributed by atoms with Crippen molar-refractivity contribution in [2.24, 2.45) is 0 Å². The molecule has 0 atom stereocenters. The Bertz CT molecular complexity index is 299. The Morgan fingerprint density at radius 3 is 3.13 bits per heavy atom. The molecule has 0 aliphatic carbocycles. The van der Waals surface area contributed by atoms with E-state index in [0.29, 0.717) is 0 Å². The average Bonchev–Trinajstić information content (AvgIpc) is 2.59. The topological polar surface area (TPSA) is 24.5 Å². The van der Waals surface area contributed by atoms with Crippen LogP contribution in [0.4, 0.5) is 0 Å². The average molecular weight is 226 g/mol. The van der Waals surface area contributed by atoms with E-state index in [9.17, 15) is 0 Å². The van der Waals surface area contributed by atoms with Crippen molar-refractivity contribution in [1.29, 1.82) is 0 Å². The summed E-state index contributed by atoms with van der Waals surface area (Å²) in [5.41, 5.74) is 1.47. The summed E-state index contributed by atoms with van der Waals surface area (Å²) in [5.74, 6) is 0. The van der Waals surface area contributed by atoms with E-state index >= 15 is 0 Å². The third-order valence-corrected chi connectivity index (χ3v) is 3.60. The van der Waals surface area contributed by atoms with Gasteiger partial charge in [0.2, 0.25) is 0 Å². The normalized spacial score (nSPS) is 15.4. The molecular formula is C11H18N2OS. The van der Waals surface area contributed by atoms with Crippen LogP contribution in [0.25, 0.3) is 0 Å². The van der Waals surface area contributed by atoms with E-state index in [2.05, 4.69) is 30.4 Å². The Balaban J connectivity index is 1.89. The standard InChI is InChI=1S/C11H18N2OS/c1-13(2)5-6-14-11-7-9-3-4-12-8-10(9)15-11/h7,12H,3-6,8H2,1-2H3. The van der Waals surface area contributed by atoms with Gasteiger partial charge in [-0.1, -0.05) is 0 Å². The van der Waals surface area contributed by atoms with Crippen LogP contribution in [0, 0.1) is 0 Å². The maximum atomic E-state index is 5.72. The second-order valence-corrected chi connectivity index (χ2v) is 5.19. The lowest BCUT2D eigenvalue weighted by molar-refractivity contribution is 0.267. The molecule has 1 aliphatic heterocycles. The predicted octanol–water partition coefficient (Wildman–Crippen LogP) is 1.33. The van der Waals surface area contributed by atoms with Crippen LogP contribution in [0.1, 0.15) is 10.4 Å². The summed E-state index contributed by atoms with van der Waals surface area (Å²) >= 11 is 1.78. The largest absolute Gasteiger partial charge is 0.483 e. The van der Waals surface area contributed by atoms with Gasteiger partial charge in [0.05, 0.1) is 0 Å². The van der Waals surface area contributed by atoms with Crippen LogP contribution in [-0.2, 0) is 13.0 Å². The Morgan fingerprint density at radius 1 is 1.53 bits per heavy atom. The fourth-order valence-corrected chi connectivity index (χ4v) is 2.68. The van der Waals surface area contributed by atoms with Gasteiger partial charge in [0.15, 0.2) is 5.06 Å². The van der Waals surface area contributed by atoms with Crippen molar-refractivity contribution < 1.29 is 4.74 Å². The zero-order valence-electron chi connectivity index (χ0n) is 9.38. The third-order valence-electron chi connectivity index (χ3n) is 2.51. The van der Waals surface area contributed by atoms with Crippen molar-refractivity contribution in [1.82, 2.24) is 10.2 Å². The number of rotatable bonds is 4. The van der Waals surface area contributed by atoms with Crippen molar-refractivity contribution in [2.75, 3.05) is 33.8 Å². The molecule has 2 heterocycles. The minimum atomic E-state index is 0.778. The molecule has 4 heteroatoms. The highest BCUT2D eigenvalue weighted by Gasteiger charge is 2.13. The zero-order valence-corrected chi connectivity index (χ0v) is 10.2. The number of thiophene rings is 1. The molecule has 0 saturated carbocycles. The van der Waals surface area contributed by atoms with Crippen LogP contribution in [0.3, 0.4) is 0 Å². The Hall–Kier alpha value is -0.580. The van der Waals surface area contributed by atoms with Gasteiger partial charge < -0.3 is 15.0 Å². The first-order valence-electron chi connectivity index (χ1n) is 5.35. The third kappa shape index (κ3) is 2.93. The van der Waals surface area contributed by atoms with E-state index < -0.39 is 0 Å². The number of nitrogens with one attached hydrogen (secondary N) is 1. The Morgan fingerprint density at radius 2 is 2.40 bits per heavy atom. The zero-order chi connectivity index (χ0) is 10.7. The molecule has 0 bridgehead atoms. The molecule has 0 fully saturated rings. The van der Waals surface area contributed by atoms with Gasteiger partial charge in [0, 0.05) is 18.0 Å². The van der Waals surface area contributed by atoms with E-state index in [-0.39, 0.29) is 0 Å². The summed E-state index contributed by atoms with van der Waals surface area (Å²) in [7, 11) is 4.12. The van der Waals surface area contributed by atoms with E-state index in [1.54, 1.807) is 11.3 Å². The second-order valence-electron chi connectivity index (χ2n) is 4.09. The molecule has 0 spiro atoms. The molecule has 0 aromatic carbocycles. The molecule has 3 nitrogen and oxygen atoms in total. The molecule has 0 unspecified atom stereocenters. The van der Waals surface area contributed by atoms with Gasteiger partial charge in [-0.05, 0) is 38.7 Å². The van der Waals surface area contributed by atoms with Crippen LogP contribution in [0.15, 0.2) is 6.07 Å². The lowest BCUT2D eigenvalue weighted by Crippen LogP contribution is -2.21. The van der Waals surface area contributed by atoms with E-state index in [1.807, 2.05) is 0 Å². The SMILES string of the molecule is CN(C)CCOc1cc2c(s1)CNCC2. The Kier molecular flexibility index (Phi) is 3.61. The van der Waals surface area contributed by atoms with Gasteiger partial charge in [-0.15, -0.1) is 11.3 Å². The van der Waals surface area contributed by atoms with Gasteiger partial charge in [0.25, 0.3) is 0 Å². The van der Waals surface area contributed by atoms with Crippen molar-refractivity contribution in [2.45, 2.75) is 13.0 Å². The number of likely N-dealkylation sites (N-methyl/N-ethyl adjacent to an activating group) is 1. The summed E-state index contributed by atoms with van der Waals surface area (Å²) < 4.78 is 5.72. The van der Waals surface area contributed by atoms with Crippen molar-refractivity contribution in [3.63, 3.8) is 0 Å². The fourth-order valence-electron chi connectivity index (χ4n) is 1.63. The van der Waals surface area contributed by atoms with Gasteiger partial charge in [0.1, 0.15) is 6.61 Å². The molecule has 0 saturated heterocycles. The van der Waals surface area contributed by atoms with Gasteiger partial charge in [-0.25, -0.2) is 0 Å². The molecule has 1 aliphatic rings. The molecule has 15 heavy (non-hydrogen) atoms. The smallest absolute Gasteiger partial charge is 0.174 e. The van der Waals surface area contributed by atoms with E-state index in [0.717, 1.165) is 37.7 Å². The van der Waals surface area contributed by atoms with Crippen molar-refractivity contribution in [3.05, 3.63) is 16.5 Å². The van der Waals surface area contributed by atoms with Crippen LogP contribution >= 0.6 is 11.3 Å². The highest BCUT2D eigenvalue weighted by Crippen LogP contribution is 2.30. The maximum absolute atomic E-state index is 5.72. The van der Waals surface area contributed by atoms with Crippen LogP contribution in [-0.4, -0.2) is 38.7 Å². The number of hydrogen-bond acceptors (Lipinski definition) is 4. The molecule has 1 aromatic heterocycles. The number of fused-ring (bicyclic) bond motifs is 1. The summed E-state index contributed by atoms with van der Waals surface area (Å²) in [6.45, 7) is 3.86. The van der Waals surface area contributed by atoms with Gasteiger partial charge in [-0.2, -0.15) is 0 Å². The maximum Gasteiger partial charge on any atom is 0.174 e. The fraction of sp³-hybridized carbons (Fsp3) is 0.636. The van der Waals surface area contributed by atoms with Crippen molar-refractivity contribution in [3.8, 4) is 5.06 Å². The van der Waals surface area contributed by atoms with Crippen LogP contribution in [0.5, 0.6) is 5.06 Å².